The molecule has 4 aromatic heterocycles. The topological polar surface area (TPSA) is 76.7 Å². The van der Waals surface area contributed by atoms with E-state index in [2.05, 4.69) is 20.4 Å². The van der Waals surface area contributed by atoms with Gasteiger partial charge in [0, 0.05) is 22.2 Å². The molecule has 9 heteroatoms. The number of nitrogens with one attached hydrogen (secondary N) is 1. The number of aromatic amines is 1. The summed E-state index contributed by atoms with van der Waals surface area (Å²) in [5.74, 6) is 0.628. The number of nitrogens with zero attached hydrogens (tertiary/aromatic N) is 6. The number of benzene rings is 2. The highest BCUT2D eigenvalue weighted by atomic mass is 35.5. The third kappa shape index (κ3) is 2.90. The van der Waals surface area contributed by atoms with Crippen LogP contribution in [0.1, 0.15) is 0 Å². The van der Waals surface area contributed by atoms with E-state index in [4.69, 9.17) is 28.2 Å². The van der Waals surface area contributed by atoms with Gasteiger partial charge in [0.15, 0.2) is 5.82 Å². The van der Waals surface area contributed by atoms with Crippen LogP contribution >= 0.6 is 23.2 Å². The number of H-pyrrole nitrogens is 1. The molecular formula is C22H13Cl2N7. The lowest BCUT2D eigenvalue weighted by atomic mass is 10.1. The van der Waals surface area contributed by atoms with E-state index in [-0.39, 0.29) is 0 Å². The highest BCUT2D eigenvalue weighted by Crippen LogP contribution is 2.37. The monoisotopic (exact) mass is 445 g/mol. The summed E-state index contributed by atoms with van der Waals surface area (Å²) in [4.78, 5) is 4.84. The molecule has 0 saturated carbocycles. The Labute approximate surface area is 185 Å². The lowest BCUT2D eigenvalue weighted by Gasteiger charge is -2.10. The Kier molecular flexibility index (Phi) is 4.05. The molecule has 0 unspecified atom stereocenters. The molecule has 31 heavy (non-hydrogen) atoms. The van der Waals surface area contributed by atoms with Gasteiger partial charge in [-0.3, -0.25) is 14.1 Å². The van der Waals surface area contributed by atoms with Crippen LogP contribution in [0.25, 0.3) is 45.0 Å². The fourth-order valence-corrected chi connectivity index (χ4v) is 4.12. The third-order valence-corrected chi connectivity index (χ3v) is 5.74. The minimum absolute atomic E-state index is 0.555. The third-order valence-electron chi connectivity index (χ3n) is 5.18. The molecule has 0 aliphatic carbocycles. The summed E-state index contributed by atoms with van der Waals surface area (Å²) in [5.41, 5.74) is 4.75. The van der Waals surface area contributed by atoms with Crippen LogP contribution in [-0.2, 0) is 0 Å². The molecule has 2 aromatic carbocycles. The van der Waals surface area contributed by atoms with Crippen molar-refractivity contribution in [3.63, 3.8) is 0 Å². The second kappa shape index (κ2) is 6.94. The first-order valence-electron chi connectivity index (χ1n) is 9.45. The van der Waals surface area contributed by atoms with E-state index in [1.165, 1.54) is 0 Å². The molecule has 1 N–H and O–H groups in total. The van der Waals surface area contributed by atoms with E-state index >= 15 is 0 Å². The van der Waals surface area contributed by atoms with Gasteiger partial charge in [-0.05, 0) is 48.5 Å². The Balaban J connectivity index is 1.64. The van der Waals surface area contributed by atoms with Crippen LogP contribution in [0.15, 0.2) is 73.3 Å². The number of hydrogen-bond acceptors (Lipinski definition) is 4. The number of hydrogen-bond donors (Lipinski definition) is 1. The Bertz CT molecular complexity index is 1580. The molecule has 7 nitrogen and oxygen atoms in total. The van der Waals surface area contributed by atoms with Crippen molar-refractivity contribution in [3.05, 3.63) is 83.4 Å². The Morgan fingerprint density at radius 3 is 2.84 bits per heavy atom. The Hall–Kier alpha value is -3.68. The van der Waals surface area contributed by atoms with Crippen LogP contribution in [-0.4, -0.2) is 34.3 Å². The lowest BCUT2D eigenvalue weighted by molar-refractivity contribution is 1.04. The molecule has 0 fully saturated rings. The van der Waals surface area contributed by atoms with Crippen LogP contribution in [0.5, 0.6) is 0 Å². The van der Waals surface area contributed by atoms with Gasteiger partial charge in [0.2, 0.25) is 0 Å². The molecule has 0 aliphatic heterocycles. The largest absolute Gasteiger partial charge is 0.296 e. The van der Waals surface area contributed by atoms with Crippen molar-refractivity contribution in [2.75, 3.05) is 0 Å². The van der Waals surface area contributed by atoms with Crippen molar-refractivity contribution in [1.29, 1.82) is 0 Å². The van der Waals surface area contributed by atoms with Gasteiger partial charge in [-0.25, -0.2) is 4.98 Å². The fraction of sp³-hybridized carbons (Fsp3) is 0. The zero-order valence-corrected chi connectivity index (χ0v) is 17.4. The molecule has 0 spiro atoms. The predicted molar refractivity (Wildman–Crippen MR) is 121 cm³/mol. The standard InChI is InChI=1S/C22H13Cl2N7/c23-14-5-7-17(24)16(9-14)20-21(30-8-2-1-3-19(30)27-20)22-29-26-12-31(22)15-6-4-13-11-25-28-18(13)10-15/h1-12H,(H,25,28). The average Bonchev–Trinajstić information content (AvgIpc) is 3.52. The minimum atomic E-state index is 0.555. The summed E-state index contributed by atoms with van der Waals surface area (Å²) >= 11 is 12.8. The zero-order valence-electron chi connectivity index (χ0n) is 15.9. The van der Waals surface area contributed by atoms with Gasteiger partial charge in [-0.1, -0.05) is 29.3 Å². The fourth-order valence-electron chi connectivity index (χ4n) is 3.74. The Morgan fingerprint density at radius 1 is 0.968 bits per heavy atom. The molecule has 6 aromatic rings. The Morgan fingerprint density at radius 2 is 1.90 bits per heavy atom. The van der Waals surface area contributed by atoms with Gasteiger partial charge in [0.1, 0.15) is 23.4 Å². The van der Waals surface area contributed by atoms with Crippen molar-refractivity contribution < 1.29 is 0 Å². The van der Waals surface area contributed by atoms with E-state index in [1.54, 1.807) is 24.7 Å². The maximum Gasteiger partial charge on any atom is 0.187 e. The lowest BCUT2D eigenvalue weighted by Crippen LogP contribution is -2.00. The van der Waals surface area contributed by atoms with Gasteiger partial charge in [-0.2, -0.15) is 5.10 Å². The number of halogens is 2. The van der Waals surface area contributed by atoms with E-state index < -0.39 is 0 Å². The van der Waals surface area contributed by atoms with E-state index in [9.17, 15) is 0 Å². The first kappa shape index (κ1) is 18.1. The number of fused-ring (bicyclic) bond motifs is 2. The minimum Gasteiger partial charge on any atom is -0.296 e. The van der Waals surface area contributed by atoms with Crippen LogP contribution in [0.4, 0.5) is 0 Å². The van der Waals surface area contributed by atoms with Gasteiger partial charge in [0.25, 0.3) is 0 Å². The first-order chi connectivity index (χ1) is 15.2. The number of imidazole rings is 1. The quantitative estimate of drug-likeness (QED) is 0.393. The van der Waals surface area contributed by atoms with Crippen molar-refractivity contribution in [1.82, 2.24) is 34.3 Å². The van der Waals surface area contributed by atoms with Gasteiger partial charge < -0.3 is 0 Å². The number of aromatic nitrogens is 7. The molecule has 4 heterocycles. The SMILES string of the molecule is Clc1ccc(Cl)c(-c2nc3ccccn3c2-c2nncn2-c2ccc3cn[nH]c3c2)c1. The van der Waals surface area contributed by atoms with Crippen molar-refractivity contribution in [2.45, 2.75) is 0 Å². The summed E-state index contributed by atoms with van der Waals surface area (Å²) in [7, 11) is 0. The predicted octanol–water partition coefficient (Wildman–Crippen LogP) is 5.43. The molecule has 0 radical (unpaired) electrons. The molecule has 0 amide bonds. The summed E-state index contributed by atoms with van der Waals surface area (Å²) in [6.07, 6.45) is 5.41. The van der Waals surface area contributed by atoms with Crippen LogP contribution in [0, 0.1) is 0 Å². The highest BCUT2D eigenvalue weighted by Gasteiger charge is 2.23. The summed E-state index contributed by atoms with van der Waals surface area (Å²) in [6.45, 7) is 0. The number of pyridine rings is 1. The van der Waals surface area contributed by atoms with E-state index in [1.807, 2.05) is 57.6 Å². The smallest absolute Gasteiger partial charge is 0.187 e. The van der Waals surface area contributed by atoms with Crippen LogP contribution in [0.3, 0.4) is 0 Å². The van der Waals surface area contributed by atoms with Crippen LogP contribution < -0.4 is 0 Å². The average molecular weight is 446 g/mol. The van der Waals surface area contributed by atoms with Crippen LogP contribution in [0.2, 0.25) is 10.0 Å². The first-order valence-corrected chi connectivity index (χ1v) is 10.2. The zero-order chi connectivity index (χ0) is 20.9. The molecule has 0 atom stereocenters. The number of rotatable bonds is 3. The summed E-state index contributed by atoms with van der Waals surface area (Å²) < 4.78 is 3.89. The van der Waals surface area contributed by atoms with E-state index in [0.29, 0.717) is 21.6 Å². The van der Waals surface area contributed by atoms with Gasteiger partial charge >= 0.3 is 0 Å². The summed E-state index contributed by atoms with van der Waals surface area (Å²) in [6, 6.07) is 17.2. The highest BCUT2D eigenvalue weighted by molar-refractivity contribution is 6.35. The van der Waals surface area contributed by atoms with Gasteiger partial charge in [0.05, 0.1) is 22.4 Å². The molecule has 0 bridgehead atoms. The van der Waals surface area contributed by atoms with Crippen molar-refractivity contribution >= 4 is 39.8 Å². The van der Waals surface area contributed by atoms with Crippen molar-refractivity contribution in [3.8, 4) is 28.5 Å². The second-order valence-corrected chi connectivity index (χ2v) is 7.87. The maximum atomic E-state index is 6.54. The molecule has 150 valence electrons. The second-order valence-electron chi connectivity index (χ2n) is 7.03. The maximum absolute atomic E-state index is 6.54. The summed E-state index contributed by atoms with van der Waals surface area (Å²) in [5, 5.41) is 17.9. The molecule has 0 saturated heterocycles. The van der Waals surface area contributed by atoms with Crippen molar-refractivity contribution in [2.24, 2.45) is 0 Å². The molecule has 6 rings (SSSR count). The molecular weight excluding hydrogens is 433 g/mol. The van der Waals surface area contributed by atoms with Gasteiger partial charge in [-0.15, -0.1) is 10.2 Å². The van der Waals surface area contributed by atoms with E-state index in [0.717, 1.165) is 33.5 Å². The molecule has 0 aliphatic rings. The normalized spacial score (nSPS) is 11.5.